The lowest BCUT2D eigenvalue weighted by molar-refractivity contribution is 0.380. The molecule has 0 atom stereocenters. The van der Waals surface area contributed by atoms with Crippen LogP contribution in [0.1, 0.15) is 12.8 Å². The van der Waals surface area contributed by atoms with E-state index in [1.807, 2.05) is 6.08 Å². The molecule has 0 aliphatic heterocycles. The van der Waals surface area contributed by atoms with Crippen LogP contribution in [0.15, 0.2) is 24.0 Å². The lowest BCUT2D eigenvalue weighted by Crippen LogP contribution is -2.02. The molecule has 74 valence electrons. The Morgan fingerprint density at radius 2 is 1.64 bits per heavy atom. The number of halogens is 3. The number of allylic oxidation sites excluding steroid dienone is 2. The van der Waals surface area contributed by atoms with Gasteiger partial charge >= 0.3 is 0 Å². The predicted molar refractivity (Wildman–Crippen MR) is 59.4 cm³/mol. The van der Waals surface area contributed by atoms with E-state index in [0.717, 1.165) is 18.6 Å². The monoisotopic (exact) mass is 248 g/mol. The van der Waals surface area contributed by atoms with Crippen molar-refractivity contribution < 1.29 is 4.74 Å². The fourth-order valence-electron chi connectivity index (χ4n) is 1.10. The SMILES string of the molecule is Clc1cc(OC2=CCC2)cc(Cl)c1Cl. The maximum absolute atomic E-state index is 5.85. The molecule has 14 heavy (non-hydrogen) atoms. The number of ether oxygens (including phenoxy) is 1. The molecule has 0 N–H and O–H groups in total. The van der Waals surface area contributed by atoms with Crippen molar-refractivity contribution >= 4 is 34.8 Å². The fraction of sp³-hybridized carbons (Fsp3) is 0.200. The summed E-state index contributed by atoms with van der Waals surface area (Å²) in [6, 6.07) is 3.32. The minimum Gasteiger partial charge on any atom is -0.462 e. The van der Waals surface area contributed by atoms with E-state index >= 15 is 0 Å². The van der Waals surface area contributed by atoms with E-state index in [9.17, 15) is 0 Å². The quantitative estimate of drug-likeness (QED) is 0.690. The van der Waals surface area contributed by atoms with Gasteiger partial charge in [-0.15, -0.1) is 0 Å². The zero-order valence-electron chi connectivity index (χ0n) is 7.19. The highest BCUT2D eigenvalue weighted by Crippen LogP contribution is 2.35. The van der Waals surface area contributed by atoms with Crippen molar-refractivity contribution in [3.63, 3.8) is 0 Å². The molecule has 2 rings (SSSR count). The molecule has 0 unspecified atom stereocenters. The molecule has 0 amide bonds. The molecule has 0 fully saturated rings. The van der Waals surface area contributed by atoms with E-state index in [-0.39, 0.29) is 0 Å². The van der Waals surface area contributed by atoms with Gasteiger partial charge in [-0.05, 0) is 12.5 Å². The fourth-order valence-corrected chi connectivity index (χ4v) is 1.67. The van der Waals surface area contributed by atoms with E-state index in [2.05, 4.69) is 0 Å². The zero-order chi connectivity index (χ0) is 10.1. The third-order valence-electron chi connectivity index (χ3n) is 1.97. The molecule has 0 bridgehead atoms. The van der Waals surface area contributed by atoms with Crippen molar-refractivity contribution in [3.8, 4) is 5.75 Å². The van der Waals surface area contributed by atoms with E-state index in [0.29, 0.717) is 20.8 Å². The molecule has 0 saturated carbocycles. The smallest absolute Gasteiger partial charge is 0.129 e. The van der Waals surface area contributed by atoms with Crippen molar-refractivity contribution in [1.29, 1.82) is 0 Å². The molecule has 1 aliphatic carbocycles. The Morgan fingerprint density at radius 3 is 2.07 bits per heavy atom. The summed E-state index contributed by atoms with van der Waals surface area (Å²) >= 11 is 17.5. The van der Waals surface area contributed by atoms with Gasteiger partial charge in [0.1, 0.15) is 11.5 Å². The maximum Gasteiger partial charge on any atom is 0.129 e. The Bertz CT molecular complexity index is 375. The van der Waals surface area contributed by atoms with Crippen LogP contribution in [-0.2, 0) is 0 Å². The Labute approximate surface area is 97.2 Å². The van der Waals surface area contributed by atoms with Crippen LogP contribution in [0.5, 0.6) is 5.75 Å². The average molecular weight is 250 g/mol. The highest BCUT2D eigenvalue weighted by atomic mass is 35.5. The standard InChI is InChI=1S/C10H7Cl3O/c11-8-4-7(5-9(12)10(8)13)14-6-2-1-3-6/h2,4-5H,1,3H2. The number of hydrogen-bond donors (Lipinski definition) is 0. The number of hydrogen-bond acceptors (Lipinski definition) is 1. The van der Waals surface area contributed by atoms with Gasteiger partial charge in [-0.3, -0.25) is 0 Å². The van der Waals surface area contributed by atoms with Crippen LogP contribution < -0.4 is 4.74 Å². The van der Waals surface area contributed by atoms with Gasteiger partial charge < -0.3 is 4.74 Å². The molecule has 0 spiro atoms. The van der Waals surface area contributed by atoms with Crippen molar-refractivity contribution in [2.75, 3.05) is 0 Å². The largest absolute Gasteiger partial charge is 0.462 e. The molecular weight excluding hydrogens is 242 g/mol. The number of rotatable bonds is 2. The molecule has 1 nitrogen and oxygen atoms in total. The van der Waals surface area contributed by atoms with Crippen molar-refractivity contribution in [2.24, 2.45) is 0 Å². The minimum absolute atomic E-state index is 0.364. The normalized spacial score (nSPS) is 14.6. The van der Waals surface area contributed by atoms with Gasteiger partial charge in [0.25, 0.3) is 0 Å². The summed E-state index contributed by atoms with van der Waals surface area (Å²) in [4.78, 5) is 0. The number of benzene rings is 1. The predicted octanol–water partition coefficient (Wildman–Crippen LogP) is 4.70. The summed E-state index contributed by atoms with van der Waals surface area (Å²) in [6.07, 6.45) is 4.07. The van der Waals surface area contributed by atoms with Crippen LogP contribution in [0.25, 0.3) is 0 Å². The lowest BCUT2D eigenvalue weighted by atomic mass is 10.1. The maximum atomic E-state index is 5.85. The van der Waals surface area contributed by atoms with E-state index in [1.165, 1.54) is 0 Å². The summed E-state index contributed by atoms with van der Waals surface area (Å²) in [5.41, 5.74) is 0. The molecule has 0 saturated heterocycles. The average Bonchev–Trinajstić information content (AvgIpc) is 2.07. The summed E-state index contributed by atoms with van der Waals surface area (Å²) in [7, 11) is 0. The first-order valence-corrected chi connectivity index (χ1v) is 5.31. The van der Waals surface area contributed by atoms with E-state index in [4.69, 9.17) is 39.5 Å². The Balaban J connectivity index is 2.26. The van der Waals surface area contributed by atoms with Crippen LogP contribution in [-0.4, -0.2) is 0 Å². The third-order valence-corrected chi connectivity index (χ3v) is 3.17. The molecule has 4 heteroatoms. The molecule has 0 radical (unpaired) electrons. The topological polar surface area (TPSA) is 9.23 Å². The second-order valence-corrected chi connectivity index (χ2v) is 4.20. The first-order valence-electron chi connectivity index (χ1n) is 4.18. The highest BCUT2D eigenvalue weighted by Gasteiger charge is 2.11. The lowest BCUT2D eigenvalue weighted by Gasteiger charge is -2.16. The van der Waals surface area contributed by atoms with E-state index in [1.54, 1.807) is 12.1 Å². The van der Waals surface area contributed by atoms with Crippen molar-refractivity contribution in [1.82, 2.24) is 0 Å². The van der Waals surface area contributed by atoms with Crippen LogP contribution >= 0.6 is 34.8 Å². The molecule has 0 aromatic heterocycles. The summed E-state index contributed by atoms with van der Waals surface area (Å²) < 4.78 is 5.50. The van der Waals surface area contributed by atoms with Crippen molar-refractivity contribution in [3.05, 3.63) is 39.0 Å². The summed E-state index contributed by atoms with van der Waals surface area (Å²) in [5, 5.41) is 1.19. The zero-order valence-corrected chi connectivity index (χ0v) is 9.46. The van der Waals surface area contributed by atoms with E-state index < -0.39 is 0 Å². The highest BCUT2D eigenvalue weighted by molar-refractivity contribution is 6.48. The second kappa shape index (κ2) is 4.01. The van der Waals surface area contributed by atoms with Gasteiger partial charge in [0.2, 0.25) is 0 Å². The Kier molecular flexibility index (Phi) is 2.91. The van der Waals surface area contributed by atoms with Gasteiger partial charge in [-0.2, -0.15) is 0 Å². The summed E-state index contributed by atoms with van der Waals surface area (Å²) in [6.45, 7) is 0. The van der Waals surface area contributed by atoms with Crippen LogP contribution in [0.3, 0.4) is 0 Å². The second-order valence-electron chi connectivity index (χ2n) is 3.01. The minimum atomic E-state index is 0.364. The van der Waals surface area contributed by atoms with Gasteiger partial charge in [0.15, 0.2) is 0 Å². The molecule has 1 aliphatic rings. The van der Waals surface area contributed by atoms with Crippen molar-refractivity contribution in [2.45, 2.75) is 12.8 Å². The van der Waals surface area contributed by atoms with Gasteiger partial charge in [-0.1, -0.05) is 34.8 Å². The molecule has 1 aromatic rings. The third kappa shape index (κ3) is 2.00. The van der Waals surface area contributed by atoms with Crippen LogP contribution in [0, 0.1) is 0 Å². The first kappa shape index (κ1) is 10.2. The first-order chi connectivity index (χ1) is 6.66. The van der Waals surface area contributed by atoms with Gasteiger partial charge in [-0.25, -0.2) is 0 Å². The van der Waals surface area contributed by atoms with Crippen LogP contribution in [0.4, 0.5) is 0 Å². The van der Waals surface area contributed by atoms with Crippen LogP contribution in [0.2, 0.25) is 15.1 Å². The summed E-state index contributed by atoms with van der Waals surface area (Å²) in [5.74, 6) is 1.59. The van der Waals surface area contributed by atoms with Gasteiger partial charge in [0, 0.05) is 18.6 Å². The molecular formula is C10H7Cl3O. The molecule has 0 heterocycles. The van der Waals surface area contributed by atoms with Gasteiger partial charge in [0.05, 0.1) is 15.1 Å². The Morgan fingerprint density at radius 1 is 1.07 bits per heavy atom. The Hall–Kier alpha value is -0.370. The molecule has 1 aromatic carbocycles.